The molecule has 2 aromatic carbocycles. The van der Waals surface area contributed by atoms with Gasteiger partial charge in [0, 0.05) is 53.7 Å². The molecule has 1 aliphatic heterocycles. The van der Waals surface area contributed by atoms with Gasteiger partial charge in [0.25, 0.3) is 0 Å². The van der Waals surface area contributed by atoms with E-state index >= 15 is 0 Å². The highest BCUT2D eigenvalue weighted by Crippen LogP contribution is 2.43. The van der Waals surface area contributed by atoms with Gasteiger partial charge in [0.05, 0.1) is 0 Å². The molecule has 2 aliphatic rings. The molecule has 0 radical (unpaired) electrons. The molecule has 1 aliphatic carbocycles. The number of benzene rings is 2. The minimum atomic E-state index is -0.826. The van der Waals surface area contributed by atoms with Gasteiger partial charge < -0.3 is 20.3 Å². The smallest absolute Gasteiger partial charge is 0.321 e. The van der Waals surface area contributed by atoms with E-state index < -0.39 is 12.0 Å². The molecule has 0 fully saturated rings. The molecule has 3 N–H and O–H groups in total. The standard InChI is InChI=1S/C30H29FN4O2/c1-35-17-24-27-22(23-16-20(31)9-12-26(23)35)13-14-32-29(27)34-28(24)19-7-10-21(11-8-19)33-25(30(36)37)15-18-5-3-2-4-6-18/h2-7,9,12-14,16,21,25,33H,8,10-11,15,17H2,1H3,(H,32,34)(H,36,37)/t21?,25-/m0/s1. The van der Waals surface area contributed by atoms with E-state index in [9.17, 15) is 14.3 Å². The molecule has 0 saturated heterocycles. The first-order chi connectivity index (χ1) is 18.0. The Hall–Kier alpha value is -3.97. The lowest BCUT2D eigenvalue weighted by Crippen LogP contribution is -2.45. The van der Waals surface area contributed by atoms with Crippen molar-refractivity contribution in [3.8, 4) is 11.1 Å². The summed E-state index contributed by atoms with van der Waals surface area (Å²) < 4.78 is 14.2. The van der Waals surface area contributed by atoms with E-state index in [4.69, 9.17) is 0 Å². The van der Waals surface area contributed by atoms with Crippen LogP contribution in [0.3, 0.4) is 0 Å². The second-order valence-electron chi connectivity index (χ2n) is 10.0. The lowest BCUT2D eigenvalue weighted by Gasteiger charge is -2.27. The number of carboxylic acid groups (broad SMARTS) is 1. The molecule has 0 saturated carbocycles. The number of carbonyl (C=O) groups is 1. The minimum absolute atomic E-state index is 0.0978. The van der Waals surface area contributed by atoms with Crippen molar-refractivity contribution in [1.82, 2.24) is 15.3 Å². The number of allylic oxidation sites excluding steroid dienone is 1. The van der Waals surface area contributed by atoms with E-state index in [0.29, 0.717) is 13.0 Å². The fourth-order valence-corrected chi connectivity index (χ4v) is 5.78. The van der Waals surface area contributed by atoms with E-state index in [1.54, 1.807) is 12.3 Å². The van der Waals surface area contributed by atoms with Crippen molar-refractivity contribution in [2.75, 3.05) is 11.9 Å². The summed E-state index contributed by atoms with van der Waals surface area (Å²) in [4.78, 5) is 22.3. The molecule has 6 rings (SSSR count). The van der Waals surface area contributed by atoms with E-state index in [1.165, 1.54) is 17.2 Å². The Bertz CT molecular complexity index is 1510. The maximum Gasteiger partial charge on any atom is 0.321 e. The molecule has 0 spiro atoms. The number of nitrogens with one attached hydrogen (secondary N) is 2. The van der Waals surface area contributed by atoms with Gasteiger partial charge in [-0.3, -0.25) is 4.79 Å². The molecule has 4 aromatic rings. The van der Waals surface area contributed by atoms with Gasteiger partial charge in [-0.15, -0.1) is 0 Å². The van der Waals surface area contributed by atoms with Crippen molar-refractivity contribution >= 4 is 28.3 Å². The van der Waals surface area contributed by atoms with Crippen LogP contribution < -0.4 is 10.2 Å². The van der Waals surface area contributed by atoms with Crippen LogP contribution in [0.5, 0.6) is 0 Å². The van der Waals surface area contributed by atoms with Gasteiger partial charge in [0.1, 0.15) is 17.5 Å². The number of nitrogens with zero attached hydrogens (tertiary/aromatic N) is 2. The van der Waals surface area contributed by atoms with Crippen LogP contribution in [0.25, 0.3) is 27.7 Å². The number of hydrogen-bond donors (Lipinski definition) is 3. The highest BCUT2D eigenvalue weighted by Gasteiger charge is 2.28. The number of pyridine rings is 1. The third-order valence-electron chi connectivity index (χ3n) is 7.60. The van der Waals surface area contributed by atoms with Gasteiger partial charge in [-0.1, -0.05) is 36.4 Å². The Morgan fingerprint density at radius 1 is 1.22 bits per heavy atom. The monoisotopic (exact) mass is 496 g/mol. The van der Waals surface area contributed by atoms with E-state index in [1.807, 2.05) is 49.5 Å². The number of rotatable bonds is 6. The lowest BCUT2D eigenvalue weighted by molar-refractivity contribution is -0.139. The van der Waals surface area contributed by atoms with Crippen LogP contribution in [0, 0.1) is 5.82 Å². The van der Waals surface area contributed by atoms with Gasteiger partial charge in [-0.25, -0.2) is 9.37 Å². The Morgan fingerprint density at radius 2 is 2.05 bits per heavy atom. The van der Waals surface area contributed by atoms with Crippen molar-refractivity contribution < 1.29 is 14.3 Å². The number of fused-ring (bicyclic) bond motifs is 2. The first-order valence-corrected chi connectivity index (χ1v) is 12.7. The van der Waals surface area contributed by atoms with Gasteiger partial charge in [0.15, 0.2) is 0 Å². The molecule has 37 heavy (non-hydrogen) atoms. The fraction of sp³-hybridized carbons (Fsp3) is 0.267. The zero-order valence-corrected chi connectivity index (χ0v) is 20.7. The second kappa shape index (κ2) is 9.48. The van der Waals surface area contributed by atoms with Gasteiger partial charge in [-0.2, -0.15) is 0 Å². The van der Waals surface area contributed by atoms with Crippen molar-refractivity contribution in [3.63, 3.8) is 0 Å². The van der Waals surface area contributed by atoms with Crippen LogP contribution in [0.15, 0.2) is 66.9 Å². The molecule has 1 unspecified atom stereocenters. The van der Waals surface area contributed by atoms with Gasteiger partial charge >= 0.3 is 5.97 Å². The number of H-pyrrole nitrogens is 1. The highest BCUT2D eigenvalue weighted by molar-refractivity contribution is 6.02. The van der Waals surface area contributed by atoms with Crippen molar-refractivity contribution in [2.45, 2.75) is 44.3 Å². The summed E-state index contributed by atoms with van der Waals surface area (Å²) in [6.07, 6.45) is 6.88. The molecule has 0 amide bonds. The molecular formula is C30H29FN4O2. The number of anilines is 1. The Morgan fingerprint density at radius 3 is 2.81 bits per heavy atom. The Kier molecular flexibility index (Phi) is 6.00. The van der Waals surface area contributed by atoms with Crippen LogP contribution in [-0.4, -0.2) is 40.2 Å². The number of halogens is 1. The molecule has 2 atom stereocenters. The topological polar surface area (TPSA) is 81.3 Å². The van der Waals surface area contributed by atoms with Crippen molar-refractivity contribution in [3.05, 3.63) is 89.5 Å². The Labute approximate surface area is 214 Å². The van der Waals surface area contributed by atoms with E-state index in [2.05, 4.69) is 26.3 Å². The van der Waals surface area contributed by atoms with E-state index in [-0.39, 0.29) is 11.9 Å². The second-order valence-corrected chi connectivity index (χ2v) is 10.0. The third-order valence-corrected chi connectivity index (χ3v) is 7.60. The van der Waals surface area contributed by atoms with Crippen LogP contribution in [0.2, 0.25) is 0 Å². The number of aliphatic carboxylic acids is 1. The predicted molar refractivity (Wildman–Crippen MR) is 144 cm³/mol. The summed E-state index contributed by atoms with van der Waals surface area (Å²) >= 11 is 0. The summed E-state index contributed by atoms with van der Waals surface area (Å²) in [5.74, 6) is -1.08. The number of aromatic amines is 1. The van der Waals surface area contributed by atoms with Crippen molar-refractivity contribution in [1.29, 1.82) is 0 Å². The number of hydrogen-bond acceptors (Lipinski definition) is 4. The summed E-state index contributed by atoms with van der Waals surface area (Å²) in [5.41, 5.74) is 8.14. The first-order valence-electron chi connectivity index (χ1n) is 12.7. The quantitative estimate of drug-likeness (QED) is 0.327. The SMILES string of the molecule is CN1Cc2c(C3=CCC(N[C@@H](Cc4ccccc4)C(=O)O)CC3)[nH]c3nccc(c23)-c2cc(F)ccc21. The summed E-state index contributed by atoms with van der Waals surface area (Å²) in [6.45, 7) is 0.684. The average Bonchev–Trinajstić information content (AvgIpc) is 3.21. The average molecular weight is 497 g/mol. The maximum absolute atomic E-state index is 14.2. The normalized spacial score (nSPS) is 17.7. The summed E-state index contributed by atoms with van der Waals surface area (Å²) in [7, 11) is 2.03. The summed E-state index contributed by atoms with van der Waals surface area (Å²) in [6, 6.07) is 16.1. The van der Waals surface area contributed by atoms with Gasteiger partial charge in [-0.05, 0) is 66.6 Å². The number of aromatic nitrogens is 2. The molecular weight excluding hydrogens is 467 g/mol. The largest absolute Gasteiger partial charge is 0.480 e. The van der Waals surface area contributed by atoms with E-state index in [0.717, 1.165) is 58.4 Å². The highest BCUT2D eigenvalue weighted by atomic mass is 19.1. The summed E-state index contributed by atoms with van der Waals surface area (Å²) in [5, 5.41) is 14.2. The Balaban J connectivity index is 1.28. The fourth-order valence-electron chi connectivity index (χ4n) is 5.78. The molecule has 0 bridgehead atoms. The maximum atomic E-state index is 14.2. The third kappa shape index (κ3) is 4.40. The number of carboxylic acids is 1. The zero-order valence-electron chi connectivity index (χ0n) is 20.7. The zero-order chi connectivity index (χ0) is 25.5. The van der Waals surface area contributed by atoms with Crippen LogP contribution in [0.1, 0.15) is 36.1 Å². The first kappa shape index (κ1) is 23.4. The lowest BCUT2D eigenvalue weighted by atomic mass is 9.90. The molecule has 3 heterocycles. The predicted octanol–water partition coefficient (Wildman–Crippen LogP) is 5.54. The van der Waals surface area contributed by atoms with Crippen LogP contribution >= 0.6 is 0 Å². The van der Waals surface area contributed by atoms with Crippen LogP contribution in [-0.2, 0) is 17.8 Å². The van der Waals surface area contributed by atoms with Crippen LogP contribution in [0.4, 0.5) is 10.1 Å². The van der Waals surface area contributed by atoms with Gasteiger partial charge in [0.2, 0.25) is 0 Å². The van der Waals surface area contributed by atoms with Crippen molar-refractivity contribution in [2.24, 2.45) is 0 Å². The molecule has 2 aromatic heterocycles. The molecule has 6 nitrogen and oxygen atoms in total. The molecule has 188 valence electrons. The minimum Gasteiger partial charge on any atom is -0.480 e. The molecule has 7 heteroatoms.